The van der Waals surface area contributed by atoms with E-state index in [1.165, 1.54) is 4.57 Å². The third-order valence-electron chi connectivity index (χ3n) is 7.88. The van der Waals surface area contributed by atoms with Gasteiger partial charge in [0, 0.05) is 27.6 Å². The molecule has 7 aromatic carbocycles. The van der Waals surface area contributed by atoms with Crippen LogP contribution in [0.3, 0.4) is 0 Å². The number of hydrogen-bond acceptors (Lipinski definition) is 1. The maximum absolute atomic E-state index is 10.1. The summed E-state index contributed by atoms with van der Waals surface area (Å²) in [6.45, 7) is 0. The molecule has 0 fully saturated rings. The zero-order valence-corrected chi connectivity index (χ0v) is 23.1. The quantitative estimate of drug-likeness (QED) is 0.197. The number of aromatic nitrogens is 1. The Kier molecular flexibility index (Phi) is 2.84. The van der Waals surface area contributed by atoms with Gasteiger partial charge in [0.1, 0.15) is 11.5 Å². The van der Waals surface area contributed by atoms with Gasteiger partial charge in [-0.3, -0.25) is 0 Å². The monoisotopic (exact) mass is 595 g/mol. The van der Waals surface area contributed by atoms with Crippen LogP contribution in [-0.2, 0) is 5.41 Å². The normalized spacial score (nSPS) is 21.6. The summed E-state index contributed by atoms with van der Waals surface area (Å²) in [5.74, 6) is -1.66. The van der Waals surface area contributed by atoms with Crippen molar-refractivity contribution in [3.63, 3.8) is 0 Å². The zero-order chi connectivity index (χ0) is 47.2. The number of para-hydroxylation sites is 3. The van der Waals surface area contributed by atoms with E-state index in [0.717, 1.165) is 6.07 Å². The fraction of sp³-hybridized carbons (Fsp3) is 0.0233. The lowest BCUT2D eigenvalue weighted by atomic mass is 9.63. The second kappa shape index (κ2) is 10.1. The molecule has 2 nitrogen and oxygen atoms in total. The van der Waals surface area contributed by atoms with Crippen LogP contribution < -0.4 is 4.74 Å². The summed E-state index contributed by atoms with van der Waals surface area (Å²) < 4.78 is 190. The Bertz CT molecular complexity index is 3380. The third kappa shape index (κ3) is 3.82. The highest BCUT2D eigenvalue weighted by atomic mass is 16.5. The first kappa shape index (κ1) is 12.6. The van der Waals surface area contributed by atoms with Crippen molar-refractivity contribution in [2.75, 3.05) is 0 Å². The molecule has 0 amide bonds. The maximum atomic E-state index is 10.1. The molecule has 1 aliphatic rings. The predicted octanol–water partition coefficient (Wildman–Crippen LogP) is 10.9. The summed E-state index contributed by atoms with van der Waals surface area (Å²) in [4.78, 5) is 0. The number of benzene rings is 7. The molecule has 0 saturated carbocycles. The standard InChI is InChI=1S/C43H29NO/c1-3-15-32(16-4-1)43(33-17-5-2-6-18-33)37-22-9-12-25-41(37)45-42-27-26-31(29-38(42)43)30-14-13-19-34(28-30)44-39-23-10-7-20-35(39)36-21-8-11-24-40(36)44/h1-29H/i1D,2D,3D,4D,5D,6D,9D,12D,13D,14D,15D,16D,17D,19D,22D,25D,26D,27D,28D,29D. The number of nitrogens with zero attached hydrogens (tertiary/aromatic N) is 1. The lowest BCUT2D eigenvalue weighted by Gasteiger charge is -2.41. The highest BCUT2D eigenvalue weighted by Crippen LogP contribution is 2.55. The minimum atomic E-state index is -3.03. The van der Waals surface area contributed by atoms with Crippen LogP contribution >= 0.6 is 0 Å². The molecular weight excluding hydrogens is 546 g/mol. The summed E-state index contributed by atoms with van der Waals surface area (Å²) >= 11 is 0. The molecule has 1 aliphatic heterocycles. The number of ether oxygens (including phenoxy) is 1. The van der Waals surface area contributed by atoms with Gasteiger partial charge in [0.15, 0.2) is 0 Å². The lowest BCUT2D eigenvalue weighted by Crippen LogP contribution is -2.34. The van der Waals surface area contributed by atoms with E-state index in [9.17, 15) is 12.3 Å². The molecule has 2 heteroatoms. The lowest BCUT2D eigenvalue weighted by molar-refractivity contribution is 0.434. The smallest absolute Gasteiger partial charge is 0.132 e. The summed E-state index contributed by atoms with van der Waals surface area (Å²) in [7, 11) is 0. The molecule has 1 aromatic heterocycles. The molecule has 212 valence electrons. The van der Waals surface area contributed by atoms with Gasteiger partial charge < -0.3 is 9.30 Å². The van der Waals surface area contributed by atoms with Crippen LogP contribution in [0.1, 0.15) is 49.7 Å². The summed E-state index contributed by atoms with van der Waals surface area (Å²) in [6, 6.07) is -3.06. The van der Waals surface area contributed by atoms with E-state index in [0.29, 0.717) is 21.8 Å². The Labute approximate surface area is 290 Å². The highest BCUT2D eigenvalue weighted by molar-refractivity contribution is 6.09. The van der Waals surface area contributed by atoms with Crippen molar-refractivity contribution in [1.82, 2.24) is 4.57 Å². The molecule has 8 aromatic rings. The Morgan fingerprint density at radius 2 is 1.13 bits per heavy atom. The van der Waals surface area contributed by atoms with Gasteiger partial charge >= 0.3 is 0 Å². The topological polar surface area (TPSA) is 14.2 Å². The van der Waals surface area contributed by atoms with E-state index in [1.54, 1.807) is 36.4 Å². The minimum absolute atomic E-state index is 0.258. The van der Waals surface area contributed by atoms with Crippen molar-refractivity contribution >= 4 is 21.8 Å². The number of hydrogen-bond donors (Lipinski definition) is 0. The minimum Gasteiger partial charge on any atom is -0.457 e. The van der Waals surface area contributed by atoms with Gasteiger partial charge in [-0.15, -0.1) is 0 Å². The van der Waals surface area contributed by atoms with E-state index in [2.05, 4.69) is 0 Å². The molecule has 45 heavy (non-hydrogen) atoms. The Balaban J connectivity index is 1.57. The SMILES string of the molecule is [2H]c1cc(C2(c3c([2H])c([2H])c([2H])c([2H])c3[2H])c3c([2H])c([2H])c([2H])c([2H])c3Oc3c([2H])c([2H])c(-c4c([2H])c([2H])c([2H])c(-n5c6ccccc6c6ccccc65)c4[2H])c([2H])c32)c([2H])c([2H])c1[2H]. The molecule has 0 N–H and O–H groups in total. The maximum Gasteiger partial charge on any atom is 0.132 e. The van der Waals surface area contributed by atoms with Crippen molar-refractivity contribution in [3.05, 3.63) is 198 Å². The van der Waals surface area contributed by atoms with Crippen molar-refractivity contribution in [3.8, 4) is 28.3 Å². The zero-order valence-electron chi connectivity index (χ0n) is 43.1. The van der Waals surface area contributed by atoms with Crippen molar-refractivity contribution < 1.29 is 32.2 Å². The van der Waals surface area contributed by atoms with Gasteiger partial charge in [-0.1, -0.05) is 133 Å². The van der Waals surface area contributed by atoms with Crippen LogP contribution in [-0.4, -0.2) is 4.57 Å². The molecule has 9 rings (SSSR count). The molecule has 1 atom stereocenters. The highest BCUT2D eigenvalue weighted by Gasteiger charge is 2.45. The first-order valence-corrected chi connectivity index (χ1v) is 13.8. The fourth-order valence-electron chi connectivity index (χ4n) is 6.04. The van der Waals surface area contributed by atoms with Gasteiger partial charge in [-0.2, -0.15) is 0 Å². The Morgan fingerprint density at radius 1 is 0.489 bits per heavy atom. The molecule has 0 saturated heterocycles. The molecule has 0 spiro atoms. The van der Waals surface area contributed by atoms with E-state index in [-0.39, 0.29) is 5.69 Å². The largest absolute Gasteiger partial charge is 0.457 e. The van der Waals surface area contributed by atoms with Crippen LogP contribution in [0, 0.1) is 0 Å². The molecule has 2 heterocycles. The summed E-state index contributed by atoms with van der Waals surface area (Å²) in [5, 5.41) is 1.40. The molecular formula is C43H29NO. The van der Waals surface area contributed by atoms with Crippen LogP contribution in [0.25, 0.3) is 38.6 Å². The summed E-state index contributed by atoms with van der Waals surface area (Å²) in [5.41, 5.74) is -6.86. The van der Waals surface area contributed by atoms with Crippen LogP contribution in [0.4, 0.5) is 0 Å². The second-order valence-electron chi connectivity index (χ2n) is 10.2. The summed E-state index contributed by atoms with van der Waals surface area (Å²) in [6.07, 6.45) is 0. The Hall–Kier alpha value is -5.86. The molecule has 1 unspecified atom stereocenters. The van der Waals surface area contributed by atoms with Crippen LogP contribution in [0.2, 0.25) is 0 Å². The van der Waals surface area contributed by atoms with E-state index in [1.807, 2.05) is 12.1 Å². The van der Waals surface area contributed by atoms with Gasteiger partial charge in [0.25, 0.3) is 0 Å². The van der Waals surface area contributed by atoms with Gasteiger partial charge in [0.2, 0.25) is 0 Å². The first-order chi connectivity index (χ1) is 30.6. The first-order valence-electron chi connectivity index (χ1n) is 23.8. The van der Waals surface area contributed by atoms with Crippen molar-refractivity contribution in [2.24, 2.45) is 0 Å². The Morgan fingerprint density at radius 3 is 1.93 bits per heavy atom. The van der Waals surface area contributed by atoms with Gasteiger partial charge in [0.05, 0.1) is 43.9 Å². The second-order valence-corrected chi connectivity index (χ2v) is 10.2. The number of fused-ring (bicyclic) bond motifs is 5. The van der Waals surface area contributed by atoms with E-state index in [4.69, 9.17) is 19.8 Å². The van der Waals surface area contributed by atoms with E-state index >= 15 is 0 Å². The van der Waals surface area contributed by atoms with Crippen LogP contribution in [0.15, 0.2) is 175 Å². The predicted molar refractivity (Wildman–Crippen MR) is 185 cm³/mol. The number of rotatable bonds is 4. The average molecular weight is 596 g/mol. The van der Waals surface area contributed by atoms with Crippen LogP contribution in [0.5, 0.6) is 11.5 Å². The fourth-order valence-corrected chi connectivity index (χ4v) is 6.04. The van der Waals surface area contributed by atoms with Gasteiger partial charge in [-0.25, -0.2) is 0 Å². The van der Waals surface area contributed by atoms with E-state index < -0.39 is 171 Å². The van der Waals surface area contributed by atoms with Gasteiger partial charge in [-0.05, 0) is 64.6 Å². The van der Waals surface area contributed by atoms with Crippen molar-refractivity contribution in [2.45, 2.75) is 5.41 Å². The molecule has 0 bridgehead atoms. The molecule has 0 aliphatic carbocycles. The third-order valence-corrected chi connectivity index (χ3v) is 7.88. The average Bonchev–Trinajstić information content (AvgIpc) is 3.62. The molecule has 0 radical (unpaired) electrons. The van der Waals surface area contributed by atoms with Crippen molar-refractivity contribution in [1.29, 1.82) is 0 Å².